The molecule has 1 aromatic heterocycles. The summed E-state index contributed by atoms with van der Waals surface area (Å²) in [6.07, 6.45) is 0.813. The van der Waals surface area contributed by atoms with Crippen molar-refractivity contribution in [2.24, 2.45) is 4.99 Å². The molecular weight excluding hydrogens is 493 g/mol. The summed E-state index contributed by atoms with van der Waals surface area (Å²) >= 11 is 0. The van der Waals surface area contributed by atoms with Crippen molar-refractivity contribution in [2.75, 3.05) is 25.0 Å². The number of hydrogen-bond acceptors (Lipinski definition) is 5. The number of halogens is 3. The Labute approximate surface area is 186 Å². The molecule has 1 fully saturated rings. The molecule has 1 aromatic carbocycles. The number of nitrogens with zero attached hydrogens (tertiary/aromatic N) is 4. The van der Waals surface area contributed by atoms with E-state index < -0.39 is 11.6 Å². The van der Waals surface area contributed by atoms with Crippen LogP contribution in [0.2, 0.25) is 0 Å². The maximum Gasteiger partial charge on any atom is 0.232 e. The summed E-state index contributed by atoms with van der Waals surface area (Å²) < 4.78 is 32.4. The van der Waals surface area contributed by atoms with Crippen molar-refractivity contribution in [1.82, 2.24) is 20.8 Å². The molecule has 2 aromatic rings. The van der Waals surface area contributed by atoms with E-state index in [9.17, 15) is 8.78 Å². The first kappa shape index (κ1) is 23.3. The summed E-state index contributed by atoms with van der Waals surface area (Å²) in [5.74, 6) is 0.619. The van der Waals surface area contributed by atoms with E-state index in [1.165, 1.54) is 12.1 Å². The van der Waals surface area contributed by atoms with Crippen LogP contribution in [0, 0.1) is 11.6 Å². The Balaban J connectivity index is 0.00000300. The highest BCUT2D eigenvalue weighted by Gasteiger charge is 2.26. The lowest BCUT2D eigenvalue weighted by molar-refractivity contribution is 0.318. The molecule has 3 rings (SSSR count). The lowest BCUT2D eigenvalue weighted by Crippen LogP contribution is -2.44. The fraction of sp³-hybridized carbons (Fsp3) is 0.526. The normalized spacial score (nSPS) is 17.2. The van der Waals surface area contributed by atoms with Crippen LogP contribution in [0.15, 0.2) is 27.7 Å². The van der Waals surface area contributed by atoms with E-state index in [1.807, 2.05) is 25.7 Å². The van der Waals surface area contributed by atoms with Gasteiger partial charge >= 0.3 is 0 Å². The van der Waals surface area contributed by atoms with E-state index in [4.69, 9.17) is 4.52 Å². The summed E-state index contributed by atoms with van der Waals surface area (Å²) in [6, 6.07) is 3.75. The van der Waals surface area contributed by atoms with E-state index in [-0.39, 0.29) is 35.4 Å². The summed E-state index contributed by atoms with van der Waals surface area (Å²) in [7, 11) is 1.68. The number of aromatic nitrogens is 2. The standard InChI is InChI=1S/C19H26F2N6O.HI/c1-19(2,3)17-25-16(26-28-17)10-23-18(22-4)24-13-7-8-27(11-13)15-6-5-12(20)9-14(15)21;/h5-6,9,13H,7-8,10-11H2,1-4H3,(H2,22,23,24);1H. The molecule has 0 radical (unpaired) electrons. The molecule has 1 saturated heterocycles. The highest BCUT2D eigenvalue weighted by Crippen LogP contribution is 2.24. The molecule has 0 spiro atoms. The van der Waals surface area contributed by atoms with Crippen molar-refractivity contribution >= 4 is 35.6 Å². The van der Waals surface area contributed by atoms with Gasteiger partial charge in [0.2, 0.25) is 5.89 Å². The highest BCUT2D eigenvalue weighted by atomic mass is 127. The van der Waals surface area contributed by atoms with Crippen LogP contribution in [-0.4, -0.2) is 42.3 Å². The van der Waals surface area contributed by atoms with Gasteiger partial charge in [-0.25, -0.2) is 8.78 Å². The van der Waals surface area contributed by atoms with Crippen LogP contribution in [0.25, 0.3) is 0 Å². The lowest BCUT2D eigenvalue weighted by Gasteiger charge is -2.20. The molecule has 1 aliphatic rings. The Bertz CT molecular complexity index is 851. The predicted molar refractivity (Wildman–Crippen MR) is 119 cm³/mol. The van der Waals surface area contributed by atoms with Crippen molar-refractivity contribution in [3.63, 3.8) is 0 Å². The molecule has 2 N–H and O–H groups in total. The largest absolute Gasteiger partial charge is 0.367 e. The fourth-order valence-electron chi connectivity index (χ4n) is 3.02. The van der Waals surface area contributed by atoms with E-state index in [0.29, 0.717) is 43.0 Å². The van der Waals surface area contributed by atoms with Gasteiger partial charge in [0.15, 0.2) is 11.8 Å². The average molecular weight is 520 g/mol. The highest BCUT2D eigenvalue weighted by molar-refractivity contribution is 14.0. The third-order valence-corrected chi connectivity index (χ3v) is 4.53. The maximum atomic E-state index is 14.0. The zero-order chi connectivity index (χ0) is 20.3. The van der Waals surface area contributed by atoms with Gasteiger partial charge in [0.25, 0.3) is 0 Å². The Kier molecular flexibility index (Phi) is 7.78. The summed E-state index contributed by atoms with van der Waals surface area (Å²) in [5, 5.41) is 10.5. The number of hydrogen-bond donors (Lipinski definition) is 2. The number of rotatable bonds is 4. The Morgan fingerprint density at radius 1 is 1.34 bits per heavy atom. The second kappa shape index (κ2) is 9.68. The SMILES string of the molecule is CN=C(NCc1noc(C(C)(C)C)n1)NC1CCN(c2ccc(F)cc2F)C1.I. The molecule has 1 unspecified atom stereocenters. The molecule has 0 aliphatic carbocycles. The molecule has 7 nitrogen and oxygen atoms in total. The van der Waals surface area contributed by atoms with Gasteiger partial charge in [-0.1, -0.05) is 25.9 Å². The smallest absolute Gasteiger partial charge is 0.232 e. The first-order valence-corrected chi connectivity index (χ1v) is 9.26. The number of guanidine groups is 1. The number of aliphatic imine (C=N–C) groups is 1. The van der Waals surface area contributed by atoms with Crippen molar-refractivity contribution < 1.29 is 13.3 Å². The molecule has 1 aliphatic heterocycles. The van der Waals surface area contributed by atoms with Crippen molar-refractivity contribution in [2.45, 2.75) is 45.2 Å². The van der Waals surface area contributed by atoms with Gasteiger partial charge in [0, 0.05) is 37.7 Å². The number of nitrogens with one attached hydrogen (secondary N) is 2. The molecule has 0 saturated carbocycles. The number of benzene rings is 1. The summed E-state index contributed by atoms with van der Waals surface area (Å²) in [4.78, 5) is 10.5. The van der Waals surface area contributed by atoms with Gasteiger partial charge in [0.1, 0.15) is 11.6 Å². The van der Waals surface area contributed by atoms with E-state index in [2.05, 4.69) is 25.8 Å². The van der Waals surface area contributed by atoms with Crippen molar-refractivity contribution in [1.29, 1.82) is 0 Å². The van der Waals surface area contributed by atoms with E-state index in [0.717, 1.165) is 12.5 Å². The minimum absolute atomic E-state index is 0. The number of anilines is 1. The van der Waals surface area contributed by atoms with Crippen molar-refractivity contribution in [3.8, 4) is 0 Å². The Morgan fingerprint density at radius 3 is 2.72 bits per heavy atom. The average Bonchev–Trinajstić information content (AvgIpc) is 3.27. The molecule has 0 bridgehead atoms. The minimum atomic E-state index is -0.573. The van der Waals surface area contributed by atoms with Gasteiger partial charge in [-0.2, -0.15) is 4.98 Å². The molecule has 0 amide bonds. The molecular formula is C19H27F2IN6O. The molecule has 160 valence electrons. The third kappa shape index (κ3) is 6.00. The van der Waals surface area contributed by atoms with Crippen LogP contribution >= 0.6 is 24.0 Å². The second-order valence-electron chi connectivity index (χ2n) is 7.86. The van der Waals surface area contributed by atoms with Crippen LogP contribution < -0.4 is 15.5 Å². The quantitative estimate of drug-likeness (QED) is 0.367. The van der Waals surface area contributed by atoms with Crippen LogP contribution in [0.1, 0.15) is 38.9 Å². The maximum absolute atomic E-state index is 14.0. The molecule has 29 heavy (non-hydrogen) atoms. The third-order valence-electron chi connectivity index (χ3n) is 4.53. The zero-order valence-corrected chi connectivity index (χ0v) is 19.3. The van der Waals surface area contributed by atoms with Gasteiger partial charge in [-0.3, -0.25) is 4.99 Å². The topological polar surface area (TPSA) is 78.6 Å². The Morgan fingerprint density at radius 2 is 2.10 bits per heavy atom. The van der Waals surface area contributed by atoms with Crippen LogP contribution in [0.4, 0.5) is 14.5 Å². The minimum Gasteiger partial charge on any atom is -0.367 e. The monoisotopic (exact) mass is 520 g/mol. The second-order valence-corrected chi connectivity index (χ2v) is 7.86. The lowest BCUT2D eigenvalue weighted by atomic mass is 9.97. The van der Waals surface area contributed by atoms with E-state index in [1.54, 1.807) is 7.05 Å². The zero-order valence-electron chi connectivity index (χ0n) is 17.0. The first-order chi connectivity index (χ1) is 13.3. The van der Waals surface area contributed by atoms with Gasteiger partial charge < -0.3 is 20.1 Å². The summed E-state index contributed by atoms with van der Waals surface area (Å²) in [5.41, 5.74) is 0.212. The van der Waals surface area contributed by atoms with Crippen LogP contribution in [-0.2, 0) is 12.0 Å². The fourth-order valence-corrected chi connectivity index (χ4v) is 3.02. The van der Waals surface area contributed by atoms with Gasteiger partial charge in [-0.15, -0.1) is 24.0 Å². The molecule has 10 heteroatoms. The Hall–Kier alpha value is -1.98. The predicted octanol–water partition coefficient (Wildman–Crippen LogP) is 3.21. The van der Waals surface area contributed by atoms with E-state index >= 15 is 0 Å². The van der Waals surface area contributed by atoms with Crippen molar-refractivity contribution in [3.05, 3.63) is 41.5 Å². The van der Waals surface area contributed by atoms with Gasteiger partial charge in [0.05, 0.1) is 12.2 Å². The molecule has 1 atom stereocenters. The molecule has 2 heterocycles. The van der Waals surface area contributed by atoms with Gasteiger partial charge in [-0.05, 0) is 18.6 Å². The van der Waals surface area contributed by atoms with Crippen LogP contribution in [0.3, 0.4) is 0 Å². The first-order valence-electron chi connectivity index (χ1n) is 9.26. The van der Waals surface area contributed by atoms with Crippen LogP contribution in [0.5, 0.6) is 0 Å². The summed E-state index contributed by atoms with van der Waals surface area (Å²) in [6.45, 7) is 7.68.